The zero-order valence-electron chi connectivity index (χ0n) is 11.1. The largest absolute Gasteiger partial charge is 0.491 e. The highest BCUT2D eigenvalue weighted by Gasteiger charge is 2.07. The maximum atomic E-state index is 5.81. The summed E-state index contributed by atoms with van der Waals surface area (Å²) in [6.45, 7) is 9.32. The average molecular weight is 300 g/mol. The van der Waals surface area contributed by atoms with E-state index in [9.17, 15) is 0 Å². The van der Waals surface area contributed by atoms with E-state index in [0.29, 0.717) is 6.04 Å². The molecule has 0 bridgehead atoms. The fourth-order valence-corrected chi connectivity index (χ4v) is 1.89. The van der Waals surface area contributed by atoms with Gasteiger partial charge in [0.1, 0.15) is 5.75 Å². The van der Waals surface area contributed by atoms with Gasteiger partial charge in [0.25, 0.3) is 0 Å². The van der Waals surface area contributed by atoms with Crippen LogP contribution in [0, 0.1) is 0 Å². The van der Waals surface area contributed by atoms with Gasteiger partial charge in [-0.1, -0.05) is 22.9 Å². The fourth-order valence-electron chi connectivity index (χ4n) is 1.48. The van der Waals surface area contributed by atoms with Gasteiger partial charge in [0.05, 0.1) is 6.10 Å². The van der Waals surface area contributed by atoms with Crippen molar-refractivity contribution in [2.24, 2.45) is 0 Å². The summed E-state index contributed by atoms with van der Waals surface area (Å²) < 4.78 is 6.90. The molecule has 96 valence electrons. The normalized spacial score (nSPS) is 12.8. The number of nitrogens with one attached hydrogen (secondary N) is 1. The highest BCUT2D eigenvalue weighted by atomic mass is 79.9. The van der Waals surface area contributed by atoms with Crippen LogP contribution in [-0.2, 0) is 6.54 Å². The second-order valence-electron chi connectivity index (χ2n) is 4.61. The molecule has 0 unspecified atom stereocenters. The molecule has 0 aliphatic carbocycles. The van der Waals surface area contributed by atoms with E-state index in [0.717, 1.165) is 23.2 Å². The lowest BCUT2D eigenvalue weighted by Gasteiger charge is -2.17. The van der Waals surface area contributed by atoms with Gasteiger partial charge in [0, 0.05) is 22.6 Å². The quantitative estimate of drug-likeness (QED) is 0.853. The van der Waals surface area contributed by atoms with Gasteiger partial charge < -0.3 is 10.1 Å². The first-order valence-corrected chi connectivity index (χ1v) is 7.00. The molecule has 0 aromatic heterocycles. The van der Waals surface area contributed by atoms with Crippen LogP contribution in [0.4, 0.5) is 0 Å². The Hall–Kier alpha value is -0.540. The zero-order chi connectivity index (χ0) is 12.8. The number of ether oxygens (including phenoxy) is 1. The minimum Gasteiger partial charge on any atom is -0.491 e. The molecule has 1 aromatic rings. The molecule has 17 heavy (non-hydrogen) atoms. The second kappa shape index (κ2) is 7.02. The lowest BCUT2D eigenvalue weighted by Crippen LogP contribution is -2.25. The van der Waals surface area contributed by atoms with Crippen molar-refractivity contribution < 1.29 is 4.74 Å². The fraction of sp³-hybridized carbons (Fsp3) is 0.571. The van der Waals surface area contributed by atoms with Crippen molar-refractivity contribution in [3.63, 3.8) is 0 Å². The molecule has 0 saturated carbocycles. The molecule has 1 aromatic carbocycles. The van der Waals surface area contributed by atoms with E-state index in [-0.39, 0.29) is 6.10 Å². The lowest BCUT2D eigenvalue weighted by atomic mass is 10.1. The van der Waals surface area contributed by atoms with Gasteiger partial charge in [-0.25, -0.2) is 0 Å². The first-order chi connectivity index (χ1) is 8.02. The van der Waals surface area contributed by atoms with Crippen LogP contribution in [0.15, 0.2) is 22.7 Å². The van der Waals surface area contributed by atoms with Gasteiger partial charge in [0.2, 0.25) is 0 Å². The summed E-state index contributed by atoms with van der Waals surface area (Å²) in [4.78, 5) is 0. The Labute approximate surface area is 113 Å². The van der Waals surface area contributed by atoms with Crippen molar-refractivity contribution in [2.75, 3.05) is 0 Å². The standard InChI is InChI=1S/C14H22BrNO/c1-5-11(4)16-9-12-8-13(15)6-7-14(12)17-10(2)3/h6-8,10-11,16H,5,9H2,1-4H3/t11-/m1/s1. The molecular weight excluding hydrogens is 278 g/mol. The molecule has 0 amide bonds. The molecular formula is C14H22BrNO. The SMILES string of the molecule is CC[C@@H](C)NCc1cc(Br)ccc1OC(C)C. The average Bonchev–Trinajstić information content (AvgIpc) is 2.28. The van der Waals surface area contributed by atoms with Crippen LogP contribution in [-0.4, -0.2) is 12.1 Å². The minimum absolute atomic E-state index is 0.207. The monoisotopic (exact) mass is 299 g/mol. The van der Waals surface area contributed by atoms with Crippen LogP contribution in [0.2, 0.25) is 0 Å². The van der Waals surface area contributed by atoms with E-state index in [1.54, 1.807) is 0 Å². The maximum Gasteiger partial charge on any atom is 0.124 e. The van der Waals surface area contributed by atoms with Gasteiger partial charge in [-0.05, 0) is 45.4 Å². The molecule has 0 aliphatic heterocycles. The van der Waals surface area contributed by atoms with Crippen LogP contribution >= 0.6 is 15.9 Å². The molecule has 0 aliphatic rings. The molecule has 0 spiro atoms. The molecule has 0 radical (unpaired) electrons. The minimum atomic E-state index is 0.207. The third kappa shape index (κ3) is 5.09. The number of hydrogen-bond donors (Lipinski definition) is 1. The second-order valence-corrected chi connectivity index (χ2v) is 5.52. The van der Waals surface area contributed by atoms with Crippen molar-refractivity contribution in [3.05, 3.63) is 28.2 Å². The van der Waals surface area contributed by atoms with Crippen molar-refractivity contribution in [2.45, 2.75) is 52.8 Å². The summed E-state index contributed by atoms with van der Waals surface area (Å²) in [7, 11) is 0. The molecule has 1 rings (SSSR count). The first-order valence-electron chi connectivity index (χ1n) is 6.21. The van der Waals surface area contributed by atoms with Crippen molar-refractivity contribution in [1.82, 2.24) is 5.32 Å². The van der Waals surface area contributed by atoms with E-state index < -0.39 is 0 Å². The summed E-state index contributed by atoms with van der Waals surface area (Å²) in [5.74, 6) is 0.971. The van der Waals surface area contributed by atoms with E-state index in [2.05, 4.69) is 41.2 Å². The molecule has 0 saturated heterocycles. The summed E-state index contributed by atoms with van der Waals surface area (Å²) in [5, 5.41) is 3.49. The summed E-state index contributed by atoms with van der Waals surface area (Å²) in [6.07, 6.45) is 1.34. The highest BCUT2D eigenvalue weighted by Crippen LogP contribution is 2.24. The van der Waals surface area contributed by atoms with Crippen LogP contribution < -0.4 is 10.1 Å². The molecule has 3 heteroatoms. The van der Waals surface area contributed by atoms with Crippen LogP contribution in [0.1, 0.15) is 39.7 Å². The molecule has 0 fully saturated rings. The Kier molecular flexibility index (Phi) is 6.00. The van der Waals surface area contributed by atoms with E-state index >= 15 is 0 Å². The molecule has 1 N–H and O–H groups in total. The zero-order valence-corrected chi connectivity index (χ0v) is 12.7. The molecule has 0 heterocycles. The van der Waals surface area contributed by atoms with Crippen molar-refractivity contribution >= 4 is 15.9 Å². The summed E-state index contributed by atoms with van der Waals surface area (Å²) >= 11 is 3.50. The smallest absolute Gasteiger partial charge is 0.124 e. The Morgan fingerprint density at radius 3 is 2.59 bits per heavy atom. The Morgan fingerprint density at radius 1 is 1.29 bits per heavy atom. The van der Waals surface area contributed by atoms with Gasteiger partial charge in [-0.3, -0.25) is 0 Å². The predicted octanol–water partition coefficient (Wildman–Crippen LogP) is 4.12. The van der Waals surface area contributed by atoms with Crippen LogP contribution in [0.3, 0.4) is 0 Å². The Morgan fingerprint density at radius 2 is 2.00 bits per heavy atom. The number of halogens is 1. The highest BCUT2D eigenvalue weighted by molar-refractivity contribution is 9.10. The predicted molar refractivity (Wildman–Crippen MR) is 76.5 cm³/mol. The Bertz CT molecular complexity index is 352. The van der Waals surface area contributed by atoms with Gasteiger partial charge in [-0.15, -0.1) is 0 Å². The lowest BCUT2D eigenvalue weighted by molar-refractivity contribution is 0.239. The van der Waals surface area contributed by atoms with Gasteiger partial charge >= 0.3 is 0 Å². The number of rotatable bonds is 6. The number of benzene rings is 1. The van der Waals surface area contributed by atoms with Gasteiger partial charge in [0.15, 0.2) is 0 Å². The van der Waals surface area contributed by atoms with Crippen LogP contribution in [0.5, 0.6) is 5.75 Å². The van der Waals surface area contributed by atoms with Crippen LogP contribution in [0.25, 0.3) is 0 Å². The molecule has 1 atom stereocenters. The molecule has 2 nitrogen and oxygen atoms in total. The summed E-state index contributed by atoms with van der Waals surface area (Å²) in [5.41, 5.74) is 1.20. The third-order valence-electron chi connectivity index (χ3n) is 2.64. The van der Waals surface area contributed by atoms with E-state index in [1.165, 1.54) is 5.56 Å². The van der Waals surface area contributed by atoms with Gasteiger partial charge in [-0.2, -0.15) is 0 Å². The first kappa shape index (κ1) is 14.5. The van der Waals surface area contributed by atoms with Crippen molar-refractivity contribution in [1.29, 1.82) is 0 Å². The Balaban J connectivity index is 2.76. The summed E-state index contributed by atoms with van der Waals surface area (Å²) in [6, 6.07) is 6.69. The van der Waals surface area contributed by atoms with E-state index in [1.807, 2.05) is 26.0 Å². The maximum absolute atomic E-state index is 5.81. The van der Waals surface area contributed by atoms with Crippen molar-refractivity contribution in [3.8, 4) is 5.75 Å². The topological polar surface area (TPSA) is 21.3 Å². The third-order valence-corrected chi connectivity index (χ3v) is 3.13. The number of hydrogen-bond acceptors (Lipinski definition) is 2. The van der Waals surface area contributed by atoms with E-state index in [4.69, 9.17) is 4.74 Å².